The van der Waals surface area contributed by atoms with E-state index in [0.29, 0.717) is 36.3 Å². The summed E-state index contributed by atoms with van der Waals surface area (Å²) in [6, 6.07) is 10.7. The standard InChI is InChI=1S/C18H13Cl2NO3S2/c1-23-15-7-10(8-16-17(22)21-18(25)26-16)5-6-14(15)24-9-11-12(19)3-2-4-13(11)20/h2-8H,9H2,1H3,(H,21,22,25)/b16-8+. The Kier molecular flexibility index (Phi) is 6.09. The maximum atomic E-state index is 11.8. The second-order valence-corrected chi connectivity index (χ2v) is 7.78. The van der Waals surface area contributed by atoms with E-state index in [1.807, 2.05) is 6.07 Å². The van der Waals surface area contributed by atoms with E-state index in [4.69, 9.17) is 44.9 Å². The van der Waals surface area contributed by atoms with Crippen molar-refractivity contribution in [3.8, 4) is 11.5 Å². The van der Waals surface area contributed by atoms with Gasteiger partial charge in [-0.25, -0.2) is 0 Å². The number of nitrogens with one attached hydrogen (secondary N) is 1. The molecule has 0 atom stereocenters. The number of halogens is 2. The van der Waals surface area contributed by atoms with Crippen molar-refractivity contribution in [2.45, 2.75) is 6.61 Å². The summed E-state index contributed by atoms with van der Waals surface area (Å²) in [6.07, 6.45) is 1.75. The first-order valence-electron chi connectivity index (χ1n) is 7.46. The molecule has 1 aliphatic heterocycles. The molecule has 1 N–H and O–H groups in total. The highest BCUT2D eigenvalue weighted by atomic mass is 35.5. The van der Waals surface area contributed by atoms with Crippen molar-refractivity contribution in [3.63, 3.8) is 0 Å². The summed E-state index contributed by atoms with van der Waals surface area (Å²) >= 11 is 18.5. The Labute approximate surface area is 170 Å². The van der Waals surface area contributed by atoms with E-state index in [2.05, 4.69) is 5.32 Å². The number of thioether (sulfide) groups is 1. The van der Waals surface area contributed by atoms with E-state index >= 15 is 0 Å². The zero-order valence-electron chi connectivity index (χ0n) is 13.5. The number of rotatable bonds is 5. The van der Waals surface area contributed by atoms with E-state index in [1.165, 1.54) is 11.8 Å². The van der Waals surface area contributed by atoms with Crippen molar-refractivity contribution in [2.24, 2.45) is 0 Å². The second-order valence-electron chi connectivity index (χ2n) is 5.25. The fraction of sp³-hybridized carbons (Fsp3) is 0.111. The molecule has 0 unspecified atom stereocenters. The van der Waals surface area contributed by atoms with Crippen molar-refractivity contribution in [2.75, 3.05) is 7.11 Å². The van der Waals surface area contributed by atoms with Crippen LogP contribution in [-0.4, -0.2) is 17.3 Å². The minimum absolute atomic E-state index is 0.201. The Morgan fingerprint density at radius 2 is 1.92 bits per heavy atom. The molecule has 4 nitrogen and oxygen atoms in total. The molecule has 2 aromatic carbocycles. The maximum Gasteiger partial charge on any atom is 0.263 e. The minimum atomic E-state index is -0.201. The van der Waals surface area contributed by atoms with Gasteiger partial charge in [-0.05, 0) is 35.9 Å². The lowest BCUT2D eigenvalue weighted by Crippen LogP contribution is -2.17. The number of carbonyl (C=O) groups excluding carboxylic acids is 1. The van der Waals surface area contributed by atoms with Gasteiger partial charge in [0.05, 0.1) is 12.0 Å². The van der Waals surface area contributed by atoms with Crippen LogP contribution in [0.4, 0.5) is 0 Å². The summed E-state index contributed by atoms with van der Waals surface area (Å²) in [5.74, 6) is 0.880. The molecule has 0 aliphatic carbocycles. The third-order valence-electron chi connectivity index (χ3n) is 3.56. The van der Waals surface area contributed by atoms with Gasteiger partial charge in [0.15, 0.2) is 11.5 Å². The molecule has 1 aliphatic rings. The zero-order valence-corrected chi connectivity index (χ0v) is 16.7. The molecule has 2 aromatic rings. The van der Waals surface area contributed by atoms with Gasteiger partial charge in [-0.3, -0.25) is 4.79 Å². The molecule has 134 valence electrons. The number of thiocarbonyl (C=S) groups is 1. The molecule has 26 heavy (non-hydrogen) atoms. The summed E-state index contributed by atoms with van der Waals surface area (Å²) in [7, 11) is 1.55. The summed E-state index contributed by atoms with van der Waals surface area (Å²) in [4.78, 5) is 12.3. The molecular formula is C18H13Cl2NO3S2. The average Bonchev–Trinajstić information content (AvgIpc) is 2.92. The van der Waals surface area contributed by atoms with Crippen LogP contribution in [0.5, 0.6) is 11.5 Å². The lowest BCUT2D eigenvalue weighted by molar-refractivity contribution is -0.115. The fourth-order valence-corrected chi connectivity index (χ4v) is 3.84. The Hall–Kier alpha value is -1.73. The van der Waals surface area contributed by atoms with Crippen LogP contribution in [0.1, 0.15) is 11.1 Å². The van der Waals surface area contributed by atoms with E-state index in [9.17, 15) is 4.79 Å². The van der Waals surface area contributed by atoms with Crippen LogP contribution in [0.3, 0.4) is 0 Å². The van der Waals surface area contributed by atoms with Gasteiger partial charge in [0.25, 0.3) is 5.91 Å². The van der Waals surface area contributed by atoms with E-state index in [-0.39, 0.29) is 12.5 Å². The molecule has 1 amide bonds. The first-order valence-corrected chi connectivity index (χ1v) is 9.44. The number of amides is 1. The monoisotopic (exact) mass is 425 g/mol. The highest BCUT2D eigenvalue weighted by Crippen LogP contribution is 2.33. The summed E-state index contributed by atoms with van der Waals surface area (Å²) in [5, 5.41) is 3.66. The molecule has 0 aromatic heterocycles. The number of benzene rings is 2. The van der Waals surface area contributed by atoms with Crippen molar-refractivity contribution < 1.29 is 14.3 Å². The van der Waals surface area contributed by atoms with Crippen molar-refractivity contribution in [3.05, 3.63) is 62.5 Å². The topological polar surface area (TPSA) is 47.6 Å². The minimum Gasteiger partial charge on any atom is -0.493 e. The molecule has 0 saturated carbocycles. The Morgan fingerprint density at radius 3 is 2.54 bits per heavy atom. The Balaban J connectivity index is 1.80. The summed E-state index contributed by atoms with van der Waals surface area (Å²) in [6.45, 7) is 0.210. The third-order valence-corrected chi connectivity index (χ3v) is 5.43. The molecule has 1 fully saturated rings. The largest absolute Gasteiger partial charge is 0.493 e. The Morgan fingerprint density at radius 1 is 1.19 bits per heavy atom. The summed E-state index contributed by atoms with van der Waals surface area (Å²) < 4.78 is 11.7. The number of ether oxygens (including phenoxy) is 2. The van der Waals surface area contributed by atoms with Gasteiger partial charge in [-0.2, -0.15) is 0 Å². The predicted octanol–water partition coefficient (Wildman–Crippen LogP) is 5.07. The normalized spacial score (nSPS) is 15.3. The van der Waals surface area contributed by atoms with Gasteiger partial charge in [0.1, 0.15) is 10.9 Å². The first kappa shape index (κ1) is 19.0. The third kappa shape index (κ3) is 4.32. The molecular weight excluding hydrogens is 413 g/mol. The number of methoxy groups -OCH3 is 1. The number of hydrogen-bond acceptors (Lipinski definition) is 5. The van der Waals surface area contributed by atoms with E-state index in [0.717, 1.165) is 5.56 Å². The molecule has 1 saturated heterocycles. The van der Waals surface area contributed by atoms with Crippen LogP contribution in [0, 0.1) is 0 Å². The SMILES string of the molecule is COc1cc(/C=C2/SC(=S)NC2=O)ccc1OCc1c(Cl)cccc1Cl. The number of carbonyl (C=O) groups is 1. The van der Waals surface area contributed by atoms with Crippen LogP contribution >= 0.6 is 47.2 Å². The van der Waals surface area contributed by atoms with E-state index < -0.39 is 0 Å². The lowest BCUT2D eigenvalue weighted by Gasteiger charge is -2.13. The molecule has 0 radical (unpaired) electrons. The number of hydrogen-bond donors (Lipinski definition) is 1. The molecule has 0 bridgehead atoms. The Bertz CT molecular complexity index is 895. The highest BCUT2D eigenvalue weighted by molar-refractivity contribution is 8.26. The van der Waals surface area contributed by atoms with Crippen LogP contribution < -0.4 is 14.8 Å². The fourth-order valence-electron chi connectivity index (χ4n) is 2.29. The molecule has 1 heterocycles. The maximum absolute atomic E-state index is 11.8. The average molecular weight is 426 g/mol. The molecule has 3 rings (SSSR count). The van der Waals surface area contributed by atoms with Gasteiger partial charge in [-0.15, -0.1) is 0 Å². The van der Waals surface area contributed by atoms with Crippen molar-refractivity contribution in [1.29, 1.82) is 0 Å². The quantitative estimate of drug-likeness (QED) is 0.535. The molecule has 0 spiro atoms. The van der Waals surface area contributed by atoms with Crippen LogP contribution in [0.15, 0.2) is 41.3 Å². The van der Waals surface area contributed by atoms with Crippen molar-refractivity contribution >= 4 is 63.5 Å². The zero-order chi connectivity index (χ0) is 18.7. The molecule has 8 heteroatoms. The van der Waals surface area contributed by atoms with E-state index in [1.54, 1.807) is 43.5 Å². The van der Waals surface area contributed by atoms with Gasteiger partial charge in [0.2, 0.25) is 0 Å². The first-order chi connectivity index (χ1) is 12.5. The van der Waals surface area contributed by atoms with Crippen molar-refractivity contribution in [1.82, 2.24) is 5.32 Å². The van der Waals surface area contributed by atoms with Crippen LogP contribution in [0.2, 0.25) is 10.0 Å². The van der Waals surface area contributed by atoms with Gasteiger partial charge in [-0.1, -0.05) is 59.3 Å². The predicted molar refractivity (Wildman–Crippen MR) is 110 cm³/mol. The lowest BCUT2D eigenvalue weighted by atomic mass is 10.2. The second kappa shape index (κ2) is 8.31. The van der Waals surface area contributed by atoms with Gasteiger partial charge in [0, 0.05) is 15.6 Å². The van der Waals surface area contributed by atoms with Gasteiger partial charge >= 0.3 is 0 Å². The van der Waals surface area contributed by atoms with Crippen LogP contribution in [-0.2, 0) is 11.4 Å². The smallest absolute Gasteiger partial charge is 0.263 e. The van der Waals surface area contributed by atoms with Crippen LogP contribution in [0.25, 0.3) is 6.08 Å². The summed E-state index contributed by atoms with van der Waals surface area (Å²) in [5.41, 5.74) is 1.50. The van der Waals surface area contributed by atoms with Gasteiger partial charge < -0.3 is 14.8 Å². The highest BCUT2D eigenvalue weighted by Gasteiger charge is 2.22.